The van der Waals surface area contributed by atoms with Gasteiger partial charge >= 0.3 is 0 Å². The van der Waals surface area contributed by atoms with E-state index in [9.17, 15) is 10.2 Å². The van der Waals surface area contributed by atoms with Crippen molar-refractivity contribution >= 4 is 0 Å². The first kappa shape index (κ1) is 23.8. The molecule has 0 saturated heterocycles. The van der Waals surface area contributed by atoms with Gasteiger partial charge in [0.05, 0.1) is 6.10 Å². The number of aliphatic hydroxyl groups is 2. The van der Waals surface area contributed by atoms with Crippen molar-refractivity contribution in [2.45, 2.75) is 111 Å². The monoisotopic (exact) mass is 430 g/mol. The van der Waals surface area contributed by atoms with Crippen molar-refractivity contribution in [3.8, 4) is 0 Å². The number of hydrogen-bond acceptors (Lipinski definition) is 2. The van der Waals surface area contributed by atoms with Gasteiger partial charge in [0, 0.05) is 6.61 Å². The molecule has 31 heavy (non-hydrogen) atoms. The summed E-state index contributed by atoms with van der Waals surface area (Å²) < 4.78 is 0. The van der Waals surface area contributed by atoms with Crippen LogP contribution in [0.2, 0.25) is 0 Å². The smallest absolute Gasteiger partial charge is 0.0577 e. The molecule has 0 aromatic heterocycles. The second-order valence-electron chi connectivity index (χ2n) is 13.0. The average molecular weight is 431 g/mol. The minimum absolute atomic E-state index is 0.0954. The van der Waals surface area contributed by atoms with Crippen LogP contribution in [0.4, 0.5) is 0 Å². The van der Waals surface area contributed by atoms with E-state index < -0.39 is 0 Å². The Kier molecular flexibility index (Phi) is 7.01. The van der Waals surface area contributed by atoms with Crippen LogP contribution in [0.5, 0.6) is 0 Å². The third-order valence-electron chi connectivity index (χ3n) is 11.3. The summed E-state index contributed by atoms with van der Waals surface area (Å²) in [7, 11) is 0. The van der Waals surface area contributed by atoms with Crippen LogP contribution in [-0.4, -0.2) is 22.9 Å². The van der Waals surface area contributed by atoms with E-state index in [-0.39, 0.29) is 6.10 Å². The number of rotatable bonds is 7. The zero-order valence-electron chi connectivity index (χ0n) is 21.1. The lowest BCUT2D eigenvalue weighted by Gasteiger charge is -2.58. The largest absolute Gasteiger partial charge is 0.396 e. The molecule has 0 heterocycles. The van der Waals surface area contributed by atoms with Crippen LogP contribution >= 0.6 is 0 Å². The van der Waals surface area contributed by atoms with Crippen LogP contribution in [-0.2, 0) is 0 Å². The van der Waals surface area contributed by atoms with Crippen molar-refractivity contribution in [1.82, 2.24) is 0 Å². The lowest BCUT2D eigenvalue weighted by Crippen LogP contribution is -2.50. The molecule has 2 nitrogen and oxygen atoms in total. The summed E-state index contributed by atoms with van der Waals surface area (Å²) in [5, 5.41) is 19.7. The molecule has 178 valence electrons. The Morgan fingerprint density at radius 1 is 0.968 bits per heavy atom. The van der Waals surface area contributed by atoms with Gasteiger partial charge in [-0.1, -0.05) is 52.7 Å². The number of fused-ring (bicyclic) bond motifs is 5. The Labute approximate surface area is 192 Å². The zero-order chi connectivity index (χ0) is 22.4. The molecule has 0 bridgehead atoms. The van der Waals surface area contributed by atoms with Crippen LogP contribution in [0.15, 0.2) is 11.6 Å². The molecule has 0 aliphatic heterocycles. The van der Waals surface area contributed by atoms with Gasteiger partial charge in [-0.05, 0) is 116 Å². The zero-order valence-corrected chi connectivity index (χ0v) is 21.1. The predicted molar refractivity (Wildman–Crippen MR) is 130 cm³/mol. The van der Waals surface area contributed by atoms with Gasteiger partial charge in [-0.25, -0.2) is 0 Å². The number of allylic oxidation sites excluding steroid dienone is 1. The fourth-order valence-electron chi connectivity index (χ4n) is 9.27. The summed E-state index contributed by atoms with van der Waals surface area (Å²) in [5.74, 6) is 5.67. The topological polar surface area (TPSA) is 40.5 Å². The normalized spacial score (nSPS) is 44.3. The maximum atomic E-state index is 10.2. The predicted octanol–water partition coefficient (Wildman–Crippen LogP) is 7.00. The lowest BCUT2D eigenvalue weighted by molar-refractivity contribution is -0.0575. The van der Waals surface area contributed by atoms with Crippen LogP contribution in [0, 0.1) is 52.3 Å². The van der Waals surface area contributed by atoms with E-state index in [0.717, 1.165) is 48.9 Å². The average Bonchev–Trinajstić information content (AvgIpc) is 3.08. The third kappa shape index (κ3) is 4.18. The van der Waals surface area contributed by atoms with E-state index in [1.165, 1.54) is 51.4 Å². The van der Waals surface area contributed by atoms with Gasteiger partial charge in [-0.15, -0.1) is 0 Å². The molecular formula is C29H50O2. The maximum Gasteiger partial charge on any atom is 0.0577 e. The van der Waals surface area contributed by atoms with Gasteiger partial charge in [0.1, 0.15) is 0 Å². The second-order valence-corrected chi connectivity index (χ2v) is 13.0. The molecule has 4 aliphatic rings. The maximum absolute atomic E-state index is 10.2. The highest BCUT2D eigenvalue weighted by molar-refractivity contribution is 5.25. The van der Waals surface area contributed by atoms with Gasteiger partial charge in [-0.3, -0.25) is 0 Å². The van der Waals surface area contributed by atoms with E-state index in [4.69, 9.17) is 0 Å². The highest BCUT2D eigenvalue weighted by atomic mass is 16.3. The molecule has 0 aromatic carbocycles. The molecule has 3 fully saturated rings. The van der Waals surface area contributed by atoms with Crippen molar-refractivity contribution in [2.24, 2.45) is 52.3 Å². The number of aliphatic hydroxyl groups excluding tert-OH is 2. The van der Waals surface area contributed by atoms with Gasteiger partial charge in [0.25, 0.3) is 0 Å². The van der Waals surface area contributed by atoms with Crippen LogP contribution in [0.1, 0.15) is 105 Å². The Morgan fingerprint density at radius 2 is 1.74 bits per heavy atom. The van der Waals surface area contributed by atoms with Gasteiger partial charge in [0.15, 0.2) is 0 Å². The van der Waals surface area contributed by atoms with Gasteiger partial charge in [-0.2, -0.15) is 0 Å². The fraction of sp³-hybridized carbons (Fsp3) is 0.931. The highest BCUT2D eigenvalue weighted by Crippen LogP contribution is 2.67. The number of hydrogen-bond donors (Lipinski definition) is 2. The molecule has 0 amide bonds. The quantitative estimate of drug-likeness (QED) is 0.427. The van der Waals surface area contributed by atoms with Crippen molar-refractivity contribution in [2.75, 3.05) is 6.61 Å². The van der Waals surface area contributed by atoms with E-state index in [1.807, 2.05) is 0 Å². The molecule has 0 spiro atoms. The minimum atomic E-state index is -0.0954. The van der Waals surface area contributed by atoms with E-state index >= 15 is 0 Å². The summed E-state index contributed by atoms with van der Waals surface area (Å²) in [6.07, 6.45) is 16.2. The molecule has 0 radical (unpaired) electrons. The Bertz CT molecular complexity index is 653. The molecule has 0 aromatic rings. The van der Waals surface area contributed by atoms with Crippen molar-refractivity contribution in [3.05, 3.63) is 11.6 Å². The Hall–Kier alpha value is -0.340. The summed E-state index contributed by atoms with van der Waals surface area (Å²) in [6, 6.07) is 0. The highest BCUT2D eigenvalue weighted by Gasteiger charge is 2.59. The van der Waals surface area contributed by atoms with Gasteiger partial charge in [0.2, 0.25) is 0 Å². The van der Waals surface area contributed by atoms with E-state index in [0.29, 0.717) is 29.3 Å². The van der Waals surface area contributed by atoms with Gasteiger partial charge < -0.3 is 10.2 Å². The summed E-state index contributed by atoms with van der Waals surface area (Å²) >= 11 is 0. The SMILES string of the molecule is CC(C)[C@@H](CCO)CC[C@@H](C)[C@H]1CCC2C3CC=C4C[C@@H](O)CC[C@]4(C)C3CC[C@@]21C. The fourth-order valence-corrected chi connectivity index (χ4v) is 9.27. The van der Waals surface area contributed by atoms with Crippen LogP contribution in [0.3, 0.4) is 0 Å². The summed E-state index contributed by atoms with van der Waals surface area (Å²) in [6.45, 7) is 12.8. The molecular weight excluding hydrogens is 380 g/mol. The van der Waals surface area contributed by atoms with Crippen molar-refractivity contribution in [1.29, 1.82) is 0 Å². The molecule has 9 atom stereocenters. The first-order valence-electron chi connectivity index (χ1n) is 13.7. The minimum Gasteiger partial charge on any atom is -0.396 e. The third-order valence-corrected chi connectivity index (χ3v) is 11.3. The van der Waals surface area contributed by atoms with Crippen molar-refractivity contribution in [3.63, 3.8) is 0 Å². The van der Waals surface area contributed by atoms with Crippen molar-refractivity contribution < 1.29 is 10.2 Å². The second kappa shape index (κ2) is 9.13. The molecule has 3 saturated carbocycles. The van der Waals surface area contributed by atoms with Crippen LogP contribution < -0.4 is 0 Å². The first-order valence-corrected chi connectivity index (χ1v) is 13.7. The van der Waals surface area contributed by atoms with Crippen LogP contribution in [0.25, 0.3) is 0 Å². The molecule has 4 aliphatic carbocycles. The summed E-state index contributed by atoms with van der Waals surface area (Å²) in [5.41, 5.74) is 2.49. The summed E-state index contributed by atoms with van der Waals surface area (Å²) in [4.78, 5) is 0. The molecule has 2 heteroatoms. The molecule has 3 unspecified atom stereocenters. The van der Waals surface area contributed by atoms with E-state index in [1.54, 1.807) is 5.57 Å². The molecule has 4 rings (SSSR count). The van der Waals surface area contributed by atoms with E-state index in [2.05, 4.69) is 40.7 Å². The molecule has 2 N–H and O–H groups in total. The standard InChI is InChI=1S/C29H50O2/c1-19(2)21(14-17-30)7-6-20(3)25-10-11-26-24-9-8-22-18-23(31)12-15-28(22,4)27(24)13-16-29(25,26)5/h8,19-21,23-27,30-31H,6-7,9-18H2,1-5H3/t20-,21-,23+,24?,25-,26?,27?,28+,29-/m1/s1. The lowest BCUT2D eigenvalue weighted by atomic mass is 9.47. The Balaban J connectivity index is 1.46. The first-order chi connectivity index (χ1) is 14.7. The Morgan fingerprint density at radius 3 is 2.45 bits per heavy atom.